The minimum Gasteiger partial charge on any atom is -0.350 e. The van der Waals surface area contributed by atoms with Gasteiger partial charge in [0.15, 0.2) is 5.65 Å². The van der Waals surface area contributed by atoms with Gasteiger partial charge in [0.25, 0.3) is 5.91 Å². The molecule has 0 spiro atoms. The Morgan fingerprint density at radius 3 is 2.70 bits per heavy atom. The third kappa shape index (κ3) is 4.64. The molecule has 2 N–H and O–H groups in total. The highest BCUT2D eigenvalue weighted by Gasteiger charge is 2.27. The Morgan fingerprint density at radius 1 is 1.12 bits per heavy atom. The molecule has 7 nitrogen and oxygen atoms in total. The van der Waals surface area contributed by atoms with Gasteiger partial charge < -0.3 is 10.6 Å². The number of benzene rings is 1. The molecular weight excluding hydrogens is 412 g/mol. The van der Waals surface area contributed by atoms with Crippen LogP contribution in [0.15, 0.2) is 60.9 Å². The molecule has 0 radical (unpaired) electrons. The molecule has 1 saturated carbocycles. The van der Waals surface area contributed by atoms with E-state index in [9.17, 15) is 4.79 Å². The molecule has 0 bridgehead atoms. The number of carbonyl (C=O) groups is 1. The molecule has 1 amide bonds. The number of likely N-dealkylation sites (N-methyl/N-ethyl adjacent to an activating group) is 1. The monoisotopic (exact) mass is 440 g/mol. The van der Waals surface area contributed by atoms with E-state index >= 15 is 0 Å². The summed E-state index contributed by atoms with van der Waals surface area (Å²) in [6.45, 7) is 5.56. The van der Waals surface area contributed by atoms with E-state index < -0.39 is 0 Å². The Balaban J connectivity index is 1.51. The maximum Gasteiger partial charge on any atom is 0.251 e. The van der Waals surface area contributed by atoms with Crippen molar-refractivity contribution in [3.63, 3.8) is 0 Å². The van der Waals surface area contributed by atoms with E-state index in [-0.39, 0.29) is 11.9 Å². The molecule has 1 atom stereocenters. The molecule has 3 heterocycles. The lowest BCUT2D eigenvalue weighted by Crippen LogP contribution is -2.38. The Morgan fingerprint density at radius 2 is 1.94 bits per heavy atom. The Labute approximate surface area is 193 Å². The van der Waals surface area contributed by atoms with Crippen molar-refractivity contribution in [1.82, 2.24) is 30.2 Å². The van der Waals surface area contributed by atoms with Crippen LogP contribution in [0.25, 0.3) is 28.2 Å². The van der Waals surface area contributed by atoms with E-state index in [1.54, 1.807) is 10.7 Å². The summed E-state index contributed by atoms with van der Waals surface area (Å²) in [5.74, 6) is 0.339. The highest BCUT2D eigenvalue weighted by Crippen LogP contribution is 2.40. The Hall–Kier alpha value is -3.58. The fourth-order valence-corrected chi connectivity index (χ4v) is 4.00. The van der Waals surface area contributed by atoms with Gasteiger partial charge in [-0.1, -0.05) is 37.3 Å². The lowest BCUT2D eigenvalue weighted by molar-refractivity contribution is 0.0950. The minimum atomic E-state index is -0.0836. The number of rotatable bonds is 8. The van der Waals surface area contributed by atoms with Crippen LogP contribution in [0.5, 0.6) is 0 Å². The fraction of sp³-hybridized carbons (Fsp3) is 0.308. The summed E-state index contributed by atoms with van der Waals surface area (Å²) >= 11 is 0. The molecule has 0 saturated heterocycles. The van der Waals surface area contributed by atoms with Crippen molar-refractivity contribution in [3.05, 3.63) is 72.2 Å². The molecule has 0 aliphatic heterocycles. The van der Waals surface area contributed by atoms with Crippen LogP contribution in [0.2, 0.25) is 0 Å². The summed E-state index contributed by atoms with van der Waals surface area (Å²) < 4.78 is 1.76. The van der Waals surface area contributed by atoms with Crippen LogP contribution in [0.4, 0.5) is 0 Å². The fourth-order valence-electron chi connectivity index (χ4n) is 4.00. The summed E-state index contributed by atoms with van der Waals surface area (Å²) in [5, 5.41) is 10.8. The summed E-state index contributed by atoms with van der Waals surface area (Å²) in [7, 11) is 0. The highest BCUT2D eigenvalue weighted by molar-refractivity contribution is 5.95. The summed E-state index contributed by atoms with van der Waals surface area (Å²) in [6.07, 6.45) is 5.92. The molecule has 1 aliphatic rings. The summed E-state index contributed by atoms with van der Waals surface area (Å²) in [6, 6.07) is 16.0. The minimum absolute atomic E-state index is 0.0836. The lowest BCUT2D eigenvalue weighted by atomic mass is 10.1. The van der Waals surface area contributed by atoms with Crippen molar-refractivity contribution in [3.8, 4) is 22.5 Å². The smallest absolute Gasteiger partial charge is 0.251 e. The van der Waals surface area contributed by atoms with Crippen LogP contribution in [-0.4, -0.2) is 44.6 Å². The normalized spacial score (nSPS) is 14.4. The number of nitrogens with one attached hydrogen (secondary N) is 2. The van der Waals surface area contributed by atoms with E-state index in [0.717, 1.165) is 53.2 Å². The topological polar surface area (TPSA) is 84.2 Å². The second kappa shape index (κ2) is 9.11. The third-order valence-electron chi connectivity index (χ3n) is 5.94. The molecular formula is C26H28N6O. The second-order valence-electron chi connectivity index (χ2n) is 8.61. The first-order valence-corrected chi connectivity index (χ1v) is 11.6. The molecule has 1 aliphatic carbocycles. The highest BCUT2D eigenvalue weighted by atomic mass is 16.1. The first-order valence-electron chi connectivity index (χ1n) is 11.6. The second-order valence-corrected chi connectivity index (χ2v) is 8.61. The van der Waals surface area contributed by atoms with Crippen LogP contribution < -0.4 is 10.6 Å². The Bertz CT molecular complexity index is 1280. The first kappa shape index (κ1) is 21.3. The number of hydrogen-bond donors (Lipinski definition) is 2. The Kier molecular flexibility index (Phi) is 5.88. The quantitative estimate of drug-likeness (QED) is 0.432. The standard InChI is InChI=1S/C26H28N6O/c1-3-27-17(2)15-28-26(33)20-13-23(19-9-10-19)30-24(14-20)21-16-29-32-12-11-22(31-25(21)32)18-7-5-4-6-8-18/h4-8,11-14,16-17,19,27H,3,9-10,15H2,1-2H3,(H,28,33)/t17-/m0/s1. The zero-order chi connectivity index (χ0) is 22.8. The van der Waals surface area contributed by atoms with Gasteiger partial charge in [0.1, 0.15) is 0 Å². The largest absolute Gasteiger partial charge is 0.350 e. The van der Waals surface area contributed by atoms with Crippen LogP contribution >= 0.6 is 0 Å². The van der Waals surface area contributed by atoms with Crippen LogP contribution in [0, 0.1) is 0 Å². The van der Waals surface area contributed by atoms with Gasteiger partial charge >= 0.3 is 0 Å². The molecule has 1 aromatic carbocycles. The molecule has 5 rings (SSSR count). The SMILES string of the molecule is CCN[C@@H](C)CNC(=O)c1cc(-c2cnn3ccc(-c4ccccc4)nc23)nc(C2CC2)c1. The number of aromatic nitrogens is 4. The van der Waals surface area contributed by atoms with Crippen molar-refractivity contribution < 1.29 is 4.79 Å². The molecule has 7 heteroatoms. The number of pyridine rings is 1. The third-order valence-corrected chi connectivity index (χ3v) is 5.94. The van der Waals surface area contributed by atoms with Gasteiger partial charge in [0.05, 0.1) is 23.1 Å². The zero-order valence-corrected chi connectivity index (χ0v) is 19.0. The lowest BCUT2D eigenvalue weighted by Gasteiger charge is -2.14. The predicted molar refractivity (Wildman–Crippen MR) is 129 cm³/mol. The molecule has 33 heavy (non-hydrogen) atoms. The average molecular weight is 441 g/mol. The maximum absolute atomic E-state index is 13.0. The number of amides is 1. The number of hydrogen-bond acceptors (Lipinski definition) is 5. The number of carbonyl (C=O) groups excluding carboxylic acids is 1. The van der Waals surface area contributed by atoms with Gasteiger partial charge in [-0.2, -0.15) is 5.10 Å². The van der Waals surface area contributed by atoms with Crippen LogP contribution in [0.1, 0.15) is 48.7 Å². The van der Waals surface area contributed by atoms with Gasteiger partial charge in [-0.15, -0.1) is 0 Å². The van der Waals surface area contributed by atoms with Crippen molar-refractivity contribution in [2.45, 2.75) is 38.6 Å². The predicted octanol–water partition coefficient (Wildman–Crippen LogP) is 4.06. The van der Waals surface area contributed by atoms with E-state index in [0.29, 0.717) is 18.0 Å². The molecule has 0 unspecified atom stereocenters. The van der Waals surface area contributed by atoms with E-state index in [1.165, 1.54) is 0 Å². The molecule has 1 fully saturated rings. The molecule has 3 aromatic heterocycles. The van der Waals surface area contributed by atoms with Crippen LogP contribution in [0.3, 0.4) is 0 Å². The zero-order valence-electron chi connectivity index (χ0n) is 19.0. The van der Waals surface area contributed by atoms with Gasteiger partial charge in [-0.3, -0.25) is 9.78 Å². The summed E-state index contributed by atoms with van der Waals surface area (Å²) in [4.78, 5) is 22.8. The van der Waals surface area contributed by atoms with Crippen molar-refractivity contribution in [2.24, 2.45) is 0 Å². The van der Waals surface area contributed by atoms with Gasteiger partial charge in [0, 0.05) is 41.5 Å². The van der Waals surface area contributed by atoms with Gasteiger partial charge in [-0.05, 0) is 44.5 Å². The van der Waals surface area contributed by atoms with Gasteiger partial charge in [-0.25, -0.2) is 9.50 Å². The summed E-state index contributed by atoms with van der Waals surface area (Å²) in [5.41, 5.74) is 5.80. The van der Waals surface area contributed by atoms with E-state index in [4.69, 9.17) is 9.97 Å². The number of fused-ring (bicyclic) bond motifs is 1. The first-order chi connectivity index (χ1) is 16.1. The van der Waals surface area contributed by atoms with Crippen molar-refractivity contribution in [1.29, 1.82) is 0 Å². The van der Waals surface area contributed by atoms with E-state index in [1.807, 2.05) is 54.7 Å². The average Bonchev–Trinajstić information content (AvgIpc) is 3.62. The maximum atomic E-state index is 13.0. The van der Waals surface area contributed by atoms with Crippen molar-refractivity contribution >= 4 is 11.6 Å². The van der Waals surface area contributed by atoms with Crippen LogP contribution in [-0.2, 0) is 0 Å². The van der Waals surface area contributed by atoms with Crippen molar-refractivity contribution in [2.75, 3.05) is 13.1 Å². The molecule has 4 aromatic rings. The molecule has 168 valence electrons. The van der Waals surface area contributed by atoms with Gasteiger partial charge in [0.2, 0.25) is 0 Å². The number of nitrogens with zero attached hydrogens (tertiary/aromatic N) is 4. The van der Waals surface area contributed by atoms with E-state index in [2.05, 4.69) is 29.6 Å².